The number of hydrogen-bond acceptors (Lipinski definition) is 3. The molecule has 92 valence electrons. The minimum absolute atomic E-state index is 0.120. The molecule has 3 nitrogen and oxygen atoms in total. The van der Waals surface area contributed by atoms with Gasteiger partial charge in [-0.2, -0.15) is 5.26 Å². The van der Waals surface area contributed by atoms with E-state index in [2.05, 4.69) is 48.3 Å². The Labute approximate surface area is 104 Å². The van der Waals surface area contributed by atoms with Gasteiger partial charge in [0.25, 0.3) is 0 Å². The third-order valence-corrected chi connectivity index (χ3v) is 2.83. The number of rotatable bonds is 5. The second kappa shape index (κ2) is 6.27. The average molecular weight is 231 g/mol. The number of likely N-dealkylation sites (N-methyl/N-ethyl adjacent to an activating group) is 2. The van der Waals surface area contributed by atoms with Crippen molar-refractivity contribution in [3.8, 4) is 6.07 Å². The third kappa shape index (κ3) is 3.76. The van der Waals surface area contributed by atoms with Gasteiger partial charge < -0.3 is 10.2 Å². The normalized spacial score (nSPS) is 11.9. The standard InChI is InChI=1S/C14H21N3/c1-5-16-13(9-15)10-17(4)14-7-6-11(2)8-12(14)3/h6-8,13,16H,5,10H2,1-4H3. The lowest BCUT2D eigenvalue weighted by molar-refractivity contribution is 0.618. The molecule has 0 aliphatic carbocycles. The van der Waals surface area contributed by atoms with Gasteiger partial charge >= 0.3 is 0 Å². The Hall–Kier alpha value is -1.53. The van der Waals surface area contributed by atoms with Gasteiger partial charge in [0.1, 0.15) is 6.04 Å². The third-order valence-electron chi connectivity index (χ3n) is 2.83. The molecule has 0 fully saturated rings. The molecule has 1 aromatic rings. The maximum atomic E-state index is 9.03. The fraction of sp³-hybridized carbons (Fsp3) is 0.500. The van der Waals surface area contributed by atoms with Gasteiger partial charge in [0, 0.05) is 19.3 Å². The van der Waals surface area contributed by atoms with E-state index in [1.54, 1.807) is 0 Å². The molecule has 0 spiro atoms. The van der Waals surface area contributed by atoms with Crippen LogP contribution in [0.1, 0.15) is 18.1 Å². The van der Waals surface area contributed by atoms with Crippen LogP contribution in [-0.4, -0.2) is 26.2 Å². The van der Waals surface area contributed by atoms with Crippen LogP contribution in [0.4, 0.5) is 5.69 Å². The van der Waals surface area contributed by atoms with Crippen LogP contribution in [0.3, 0.4) is 0 Å². The molecule has 3 heteroatoms. The van der Waals surface area contributed by atoms with Crippen LogP contribution < -0.4 is 10.2 Å². The summed E-state index contributed by atoms with van der Waals surface area (Å²) in [5, 5.41) is 12.2. The first-order chi connectivity index (χ1) is 8.08. The average Bonchev–Trinajstić information content (AvgIpc) is 2.28. The molecule has 0 aliphatic rings. The van der Waals surface area contributed by atoms with Crippen molar-refractivity contribution < 1.29 is 0 Å². The van der Waals surface area contributed by atoms with E-state index in [0.717, 1.165) is 6.54 Å². The second-order valence-corrected chi connectivity index (χ2v) is 4.41. The SMILES string of the molecule is CCNC(C#N)CN(C)c1ccc(C)cc1C. The van der Waals surface area contributed by atoms with Gasteiger partial charge in [-0.25, -0.2) is 0 Å². The molecule has 1 N–H and O–H groups in total. The largest absolute Gasteiger partial charge is 0.372 e. The summed E-state index contributed by atoms with van der Waals surface area (Å²) in [5.41, 5.74) is 3.71. The highest BCUT2D eigenvalue weighted by atomic mass is 15.1. The fourth-order valence-electron chi connectivity index (χ4n) is 2.00. The van der Waals surface area contributed by atoms with Crippen molar-refractivity contribution in [2.75, 3.05) is 25.0 Å². The van der Waals surface area contributed by atoms with Crippen molar-refractivity contribution in [2.45, 2.75) is 26.8 Å². The summed E-state index contributed by atoms with van der Waals surface area (Å²) in [6.07, 6.45) is 0. The Kier molecular flexibility index (Phi) is 4.99. The maximum absolute atomic E-state index is 9.03. The zero-order chi connectivity index (χ0) is 12.8. The van der Waals surface area contributed by atoms with E-state index in [9.17, 15) is 0 Å². The van der Waals surface area contributed by atoms with E-state index in [1.165, 1.54) is 16.8 Å². The summed E-state index contributed by atoms with van der Waals surface area (Å²) in [5.74, 6) is 0. The number of nitriles is 1. The highest BCUT2D eigenvalue weighted by Crippen LogP contribution is 2.19. The van der Waals surface area contributed by atoms with Crippen LogP contribution in [0.15, 0.2) is 18.2 Å². The van der Waals surface area contributed by atoms with Crippen LogP contribution in [0.5, 0.6) is 0 Å². The molecule has 17 heavy (non-hydrogen) atoms. The van der Waals surface area contributed by atoms with Crippen molar-refractivity contribution in [3.05, 3.63) is 29.3 Å². The van der Waals surface area contributed by atoms with Gasteiger partial charge in [0.2, 0.25) is 0 Å². The summed E-state index contributed by atoms with van der Waals surface area (Å²) in [6, 6.07) is 8.55. The predicted octanol–water partition coefficient (Wildman–Crippen LogP) is 2.24. The maximum Gasteiger partial charge on any atom is 0.113 e. The number of aryl methyl sites for hydroxylation is 2. The Balaban J connectivity index is 2.75. The molecule has 0 amide bonds. The van der Waals surface area contributed by atoms with Crippen molar-refractivity contribution in [1.29, 1.82) is 5.26 Å². The minimum atomic E-state index is -0.120. The van der Waals surface area contributed by atoms with Crippen LogP contribution in [0, 0.1) is 25.2 Å². The van der Waals surface area contributed by atoms with Gasteiger partial charge in [-0.15, -0.1) is 0 Å². The number of nitrogens with zero attached hydrogens (tertiary/aromatic N) is 2. The van der Waals surface area contributed by atoms with E-state index >= 15 is 0 Å². The lowest BCUT2D eigenvalue weighted by Gasteiger charge is -2.24. The zero-order valence-electron chi connectivity index (χ0n) is 11.1. The van der Waals surface area contributed by atoms with Gasteiger partial charge in [-0.1, -0.05) is 24.6 Å². The molecule has 0 bridgehead atoms. The Bertz CT molecular complexity index is 406. The first kappa shape index (κ1) is 13.5. The molecule has 0 radical (unpaired) electrons. The van der Waals surface area contributed by atoms with E-state index in [0.29, 0.717) is 6.54 Å². The second-order valence-electron chi connectivity index (χ2n) is 4.41. The highest BCUT2D eigenvalue weighted by molar-refractivity contribution is 5.54. The van der Waals surface area contributed by atoms with Crippen molar-refractivity contribution >= 4 is 5.69 Å². The van der Waals surface area contributed by atoms with Gasteiger partial charge in [-0.3, -0.25) is 0 Å². The van der Waals surface area contributed by atoms with Crippen molar-refractivity contribution in [1.82, 2.24) is 5.32 Å². The van der Waals surface area contributed by atoms with E-state index < -0.39 is 0 Å². The van der Waals surface area contributed by atoms with Gasteiger partial charge in [-0.05, 0) is 32.0 Å². The molecule has 0 aliphatic heterocycles. The lowest BCUT2D eigenvalue weighted by Crippen LogP contribution is -2.38. The molecule has 1 atom stereocenters. The van der Waals surface area contributed by atoms with E-state index in [4.69, 9.17) is 5.26 Å². The summed E-state index contributed by atoms with van der Waals surface area (Å²) in [4.78, 5) is 2.13. The molecular formula is C14H21N3. The highest BCUT2D eigenvalue weighted by Gasteiger charge is 2.11. The molecule has 1 rings (SSSR count). The van der Waals surface area contributed by atoms with Crippen molar-refractivity contribution in [3.63, 3.8) is 0 Å². The number of benzene rings is 1. The zero-order valence-corrected chi connectivity index (χ0v) is 11.1. The van der Waals surface area contributed by atoms with E-state index in [1.807, 2.05) is 14.0 Å². The molecule has 0 heterocycles. The molecule has 1 unspecified atom stereocenters. The Morgan fingerprint density at radius 2 is 2.12 bits per heavy atom. The number of hydrogen-bond donors (Lipinski definition) is 1. The monoisotopic (exact) mass is 231 g/mol. The Morgan fingerprint density at radius 1 is 1.41 bits per heavy atom. The molecule has 0 saturated carbocycles. The smallest absolute Gasteiger partial charge is 0.113 e. The summed E-state index contributed by atoms with van der Waals surface area (Å²) in [6.45, 7) is 7.73. The summed E-state index contributed by atoms with van der Waals surface area (Å²) in [7, 11) is 2.03. The van der Waals surface area contributed by atoms with Crippen LogP contribution in [0.25, 0.3) is 0 Å². The summed E-state index contributed by atoms with van der Waals surface area (Å²) >= 11 is 0. The number of anilines is 1. The van der Waals surface area contributed by atoms with Crippen molar-refractivity contribution in [2.24, 2.45) is 0 Å². The Morgan fingerprint density at radius 3 is 2.65 bits per heavy atom. The van der Waals surface area contributed by atoms with Crippen LogP contribution in [0.2, 0.25) is 0 Å². The minimum Gasteiger partial charge on any atom is -0.372 e. The predicted molar refractivity (Wildman–Crippen MR) is 72.3 cm³/mol. The topological polar surface area (TPSA) is 39.1 Å². The van der Waals surface area contributed by atoms with Gasteiger partial charge in [0.15, 0.2) is 0 Å². The van der Waals surface area contributed by atoms with Crippen LogP contribution >= 0.6 is 0 Å². The molecule has 1 aromatic carbocycles. The number of nitrogens with one attached hydrogen (secondary N) is 1. The lowest BCUT2D eigenvalue weighted by atomic mass is 10.1. The van der Waals surface area contributed by atoms with Gasteiger partial charge in [0.05, 0.1) is 6.07 Å². The first-order valence-corrected chi connectivity index (χ1v) is 5.99. The first-order valence-electron chi connectivity index (χ1n) is 5.99. The molecule has 0 saturated heterocycles. The van der Waals surface area contributed by atoms with Crippen LogP contribution in [-0.2, 0) is 0 Å². The molecule has 0 aromatic heterocycles. The fourth-order valence-corrected chi connectivity index (χ4v) is 2.00. The summed E-state index contributed by atoms with van der Waals surface area (Å²) < 4.78 is 0. The quantitative estimate of drug-likeness (QED) is 0.844. The molecular weight excluding hydrogens is 210 g/mol. The van der Waals surface area contributed by atoms with E-state index in [-0.39, 0.29) is 6.04 Å².